The first kappa shape index (κ1) is 12.9. The summed E-state index contributed by atoms with van der Waals surface area (Å²) in [5, 5.41) is 7.78. The highest BCUT2D eigenvalue weighted by atomic mass is 35.5. The number of halogens is 2. The first-order chi connectivity index (χ1) is 8.49. The predicted octanol–water partition coefficient (Wildman–Crippen LogP) is 3.44. The monoisotopic (exact) mass is 267 g/mol. The van der Waals surface area contributed by atoms with Crippen molar-refractivity contribution in [3.05, 3.63) is 46.0 Å². The summed E-state index contributed by atoms with van der Waals surface area (Å²) in [5.41, 5.74) is 3.57. The average molecular weight is 268 g/mol. The number of rotatable bonds is 3. The molecular formula is C13H15ClFN3. The van der Waals surface area contributed by atoms with Crippen LogP contribution >= 0.6 is 11.6 Å². The van der Waals surface area contributed by atoms with Gasteiger partial charge in [-0.25, -0.2) is 4.39 Å². The zero-order chi connectivity index (χ0) is 13.3. The normalized spacial score (nSPS) is 10.7. The molecule has 0 spiro atoms. The van der Waals surface area contributed by atoms with Crippen molar-refractivity contribution in [2.75, 3.05) is 5.32 Å². The van der Waals surface area contributed by atoms with Crippen LogP contribution in [0.5, 0.6) is 0 Å². The first-order valence-corrected chi connectivity index (χ1v) is 6.05. The maximum Gasteiger partial charge on any atom is 0.147 e. The SMILES string of the molecule is Cc1nn(C)c(C)c1CNc1ccc(Cl)cc1F. The van der Waals surface area contributed by atoms with E-state index in [0.717, 1.165) is 17.0 Å². The van der Waals surface area contributed by atoms with Crippen molar-refractivity contribution in [1.29, 1.82) is 0 Å². The lowest BCUT2D eigenvalue weighted by Gasteiger charge is -2.08. The quantitative estimate of drug-likeness (QED) is 0.923. The molecule has 1 aromatic heterocycles. The Bertz CT molecular complexity index is 578. The summed E-state index contributed by atoms with van der Waals surface area (Å²) in [4.78, 5) is 0. The summed E-state index contributed by atoms with van der Waals surface area (Å²) in [6.45, 7) is 4.49. The van der Waals surface area contributed by atoms with E-state index in [-0.39, 0.29) is 5.82 Å². The smallest absolute Gasteiger partial charge is 0.147 e. The van der Waals surface area contributed by atoms with E-state index in [4.69, 9.17) is 11.6 Å². The van der Waals surface area contributed by atoms with E-state index in [1.807, 2.05) is 25.6 Å². The third kappa shape index (κ3) is 2.48. The fourth-order valence-electron chi connectivity index (χ4n) is 1.89. The fraction of sp³-hybridized carbons (Fsp3) is 0.308. The molecule has 0 saturated heterocycles. The molecular weight excluding hydrogens is 253 g/mol. The van der Waals surface area contributed by atoms with Crippen LogP contribution in [0.3, 0.4) is 0 Å². The molecule has 96 valence electrons. The summed E-state index contributed by atoms with van der Waals surface area (Å²) >= 11 is 5.71. The molecule has 1 heterocycles. The van der Waals surface area contributed by atoms with E-state index in [9.17, 15) is 4.39 Å². The van der Waals surface area contributed by atoms with E-state index in [2.05, 4.69) is 10.4 Å². The van der Waals surface area contributed by atoms with E-state index < -0.39 is 0 Å². The lowest BCUT2D eigenvalue weighted by atomic mass is 10.2. The largest absolute Gasteiger partial charge is 0.378 e. The van der Waals surface area contributed by atoms with Crippen molar-refractivity contribution >= 4 is 17.3 Å². The fourth-order valence-corrected chi connectivity index (χ4v) is 2.05. The minimum absolute atomic E-state index is 0.346. The van der Waals surface area contributed by atoms with Crippen molar-refractivity contribution in [2.45, 2.75) is 20.4 Å². The van der Waals surface area contributed by atoms with E-state index >= 15 is 0 Å². The van der Waals surface area contributed by atoms with Crippen molar-refractivity contribution in [3.63, 3.8) is 0 Å². The number of aryl methyl sites for hydroxylation is 2. The summed E-state index contributed by atoms with van der Waals surface area (Å²) in [6, 6.07) is 4.60. The zero-order valence-electron chi connectivity index (χ0n) is 10.6. The third-order valence-corrected chi connectivity index (χ3v) is 3.28. The van der Waals surface area contributed by atoms with Gasteiger partial charge in [0.05, 0.1) is 11.4 Å². The number of nitrogens with one attached hydrogen (secondary N) is 1. The maximum atomic E-state index is 13.6. The van der Waals surface area contributed by atoms with Crippen molar-refractivity contribution in [3.8, 4) is 0 Å². The molecule has 0 radical (unpaired) electrons. The summed E-state index contributed by atoms with van der Waals surface area (Å²) in [6.07, 6.45) is 0. The molecule has 1 N–H and O–H groups in total. The molecule has 0 amide bonds. The van der Waals surface area contributed by atoms with Crippen LogP contribution in [0.25, 0.3) is 0 Å². The van der Waals surface area contributed by atoms with Gasteiger partial charge in [-0.15, -0.1) is 0 Å². The Morgan fingerprint density at radius 3 is 2.67 bits per heavy atom. The highest BCUT2D eigenvalue weighted by Gasteiger charge is 2.10. The minimum atomic E-state index is -0.346. The highest BCUT2D eigenvalue weighted by molar-refractivity contribution is 6.30. The van der Waals surface area contributed by atoms with Crippen LogP contribution in [0.1, 0.15) is 17.0 Å². The molecule has 0 aliphatic heterocycles. The molecule has 2 rings (SSSR count). The number of aromatic nitrogens is 2. The maximum absolute atomic E-state index is 13.6. The second-order valence-electron chi connectivity index (χ2n) is 4.25. The molecule has 0 saturated carbocycles. The van der Waals surface area contributed by atoms with Gasteiger partial charge in [0.2, 0.25) is 0 Å². The Morgan fingerprint density at radius 2 is 2.11 bits per heavy atom. The van der Waals surface area contributed by atoms with Crippen LogP contribution in [0.4, 0.5) is 10.1 Å². The van der Waals surface area contributed by atoms with E-state index in [1.54, 1.807) is 12.1 Å². The molecule has 18 heavy (non-hydrogen) atoms. The molecule has 2 aromatic rings. The van der Waals surface area contributed by atoms with Gasteiger partial charge < -0.3 is 5.32 Å². The summed E-state index contributed by atoms with van der Waals surface area (Å²) in [7, 11) is 1.90. The van der Waals surface area contributed by atoms with Gasteiger partial charge in [0.25, 0.3) is 0 Å². The van der Waals surface area contributed by atoms with Crippen molar-refractivity contribution in [1.82, 2.24) is 9.78 Å². The van der Waals surface area contributed by atoms with Crippen LogP contribution in [0.2, 0.25) is 5.02 Å². The van der Waals surface area contributed by atoms with Gasteiger partial charge in [-0.05, 0) is 32.0 Å². The number of hydrogen-bond donors (Lipinski definition) is 1. The first-order valence-electron chi connectivity index (χ1n) is 5.67. The Labute approximate surface area is 111 Å². The van der Waals surface area contributed by atoms with Gasteiger partial charge in [-0.1, -0.05) is 11.6 Å². The van der Waals surface area contributed by atoms with Gasteiger partial charge in [-0.3, -0.25) is 4.68 Å². The average Bonchev–Trinajstić information content (AvgIpc) is 2.53. The molecule has 0 aliphatic rings. The second-order valence-corrected chi connectivity index (χ2v) is 4.69. The number of nitrogens with zero attached hydrogens (tertiary/aromatic N) is 2. The molecule has 3 nitrogen and oxygen atoms in total. The molecule has 0 aliphatic carbocycles. The molecule has 0 fully saturated rings. The lowest BCUT2D eigenvalue weighted by Crippen LogP contribution is -2.03. The summed E-state index contributed by atoms with van der Waals surface area (Å²) < 4.78 is 15.4. The van der Waals surface area contributed by atoms with Gasteiger partial charge >= 0.3 is 0 Å². The Kier molecular flexibility index (Phi) is 3.57. The van der Waals surface area contributed by atoms with Crippen LogP contribution in [-0.4, -0.2) is 9.78 Å². The number of benzene rings is 1. The molecule has 0 unspecified atom stereocenters. The standard InChI is InChI=1S/C13H15ClFN3/c1-8-11(9(2)18(3)17-8)7-16-13-5-4-10(14)6-12(13)15/h4-6,16H,7H2,1-3H3. The minimum Gasteiger partial charge on any atom is -0.378 e. The summed E-state index contributed by atoms with van der Waals surface area (Å²) in [5.74, 6) is -0.346. The number of anilines is 1. The second kappa shape index (κ2) is 4.98. The van der Waals surface area contributed by atoms with E-state index in [0.29, 0.717) is 17.3 Å². The predicted molar refractivity (Wildman–Crippen MR) is 71.4 cm³/mol. The highest BCUT2D eigenvalue weighted by Crippen LogP contribution is 2.20. The number of hydrogen-bond acceptors (Lipinski definition) is 2. The van der Waals surface area contributed by atoms with Crippen LogP contribution in [0.15, 0.2) is 18.2 Å². The lowest BCUT2D eigenvalue weighted by molar-refractivity contribution is 0.630. The van der Waals surface area contributed by atoms with E-state index in [1.165, 1.54) is 6.07 Å². The van der Waals surface area contributed by atoms with Crippen LogP contribution in [0, 0.1) is 19.7 Å². The van der Waals surface area contributed by atoms with Crippen molar-refractivity contribution < 1.29 is 4.39 Å². The molecule has 0 bridgehead atoms. The van der Waals surface area contributed by atoms with Gasteiger partial charge in [0.1, 0.15) is 5.82 Å². The van der Waals surface area contributed by atoms with Gasteiger partial charge in [-0.2, -0.15) is 5.10 Å². The molecule has 1 aromatic carbocycles. The van der Waals surface area contributed by atoms with Crippen LogP contribution in [-0.2, 0) is 13.6 Å². The van der Waals surface area contributed by atoms with Gasteiger partial charge in [0.15, 0.2) is 0 Å². The third-order valence-electron chi connectivity index (χ3n) is 3.05. The van der Waals surface area contributed by atoms with Crippen molar-refractivity contribution in [2.24, 2.45) is 7.05 Å². The topological polar surface area (TPSA) is 29.9 Å². The van der Waals surface area contributed by atoms with Crippen LogP contribution < -0.4 is 5.32 Å². The molecule has 5 heteroatoms. The Balaban J connectivity index is 2.16. The Morgan fingerprint density at radius 1 is 1.39 bits per heavy atom. The zero-order valence-corrected chi connectivity index (χ0v) is 11.3. The van der Waals surface area contributed by atoms with Gasteiger partial charge in [0, 0.05) is 29.9 Å². The Hall–Kier alpha value is -1.55. The molecule has 0 atom stereocenters.